The fourth-order valence-corrected chi connectivity index (χ4v) is 8.29. The molecule has 0 saturated carbocycles. The number of hydrogen-bond acceptors (Lipinski definition) is 8. The Morgan fingerprint density at radius 1 is 0.870 bits per heavy atom. The van der Waals surface area contributed by atoms with Gasteiger partial charge in [-0.05, 0) is 55.8 Å². The van der Waals surface area contributed by atoms with Crippen molar-refractivity contribution in [3.05, 3.63) is 87.8 Å². The fraction of sp³-hybridized carbons (Fsp3) is 0.394. The lowest BCUT2D eigenvalue weighted by Crippen LogP contribution is -2.53. The lowest BCUT2D eigenvalue weighted by molar-refractivity contribution is -0.135. The number of piperidine rings is 1. The number of rotatable bonds is 8. The molecule has 2 aliphatic heterocycles. The molecule has 1 aromatic heterocycles. The summed E-state index contributed by atoms with van der Waals surface area (Å²) in [4.78, 5) is 35.4. The van der Waals surface area contributed by atoms with Gasteiger partial charge in [-0.2, -0.15) is 3.97 Å². The molecule has 2 saturated heterocycles. The maximum Gasteiger partial charge on any atom is 0.344 e. The molecule has 0 aliphatic carbocycles. The highest BCUT2D eigenvalue weighted by molar-refractivity contribution is 7.90. The zero-order valence-corrected chi connectivity index (χ0v) is 27.7. The van der Waals surface area contributed by atoms with E-state index in [-0.39, 0.29) is 27.6 Å². The molecule has 4 aromatic rings. The molecular weight excluding hydrogens is 630 g/mol. The van der Waals surface area contributed by atoms with E-state index >= 15 is 0 Å². The number of methoxy groups -OCH3 is 2. The van der Waals surface area contributed by atoms with Gasteiger partial charge in [0.1, 0.15) is 22.4 Å². The number of imidazole rings is 1. The topological polar surface area (TPSA) is 106 Å². The van der Waals surface area contributed by atoms with Crippen molar-refractivity contribution >= 4 is 38.6 Å². The Morgan fingerprint density at radius 2 is 1.57 bits per heavy atom. The molecule has 1 amide bonds. The molecule has 1 atom stereocenters. The number of amides is 1. The third-order valence-corrected chi connectivity index (χ3v) is 11.1. The summed E-state index contributed by atoms with van der Waals surface area (Å²) in [6.07, 6.45) is 1.65. The van der Waals surface area contributed by atoms with Gasteiger partial charge < -0.3 is 19.3 Å². The molecule has 1 unspecified atom stereocenters. The van der Waals surface area contributed by atoms with Crippen molar-refractivity contribution in [3.63, 3.8) is 0 Å². The van der Waals surface area contributed by atoms with E-state index in [1.807, 2.05) is 6.07 Å². The molecule has 3 aromatic carbocycles. The Bertz CT molecular complexity index is 1890. The Labute approximate surface area is 273 Å². The summed E-state index contributed by atoms with van der Waals surface area (Å²) in [7, 11) is 0.415. The van der Waals surface area contributed by atoms with Crippen LogP contribution in [0.5, 0.6) is 11.5 Å². The monoisotopic (exact) mass is 667 g/mol. The zero-order valence-electron chi connectivity index (χ0n) is 26.1. The molecule has 0 spiro atoms. The van der Waals surface area contributed by atoms with E-state index in [1.54, 1.807) is 29.2 Å². The number of nitrogens with zero attached hydrogens (tertiary/aromatic N) is 5. The van der Waals surface area contributed by atoms with E-state index in [0.717, 1.165) is 43.0 Å². The van der Waals surface area contributed by atoms with Gasteiger partial charge in [-0.15, -0.1) is 0 Å². The van der Waals surface area contributed by atoms with Crippen LogP contribution in [0.15, 0.2) is 76.4 Å². The molecule has 13 heteroatoms. The normalized spacial score (nSPS) is 17.7. The van der Waals surface area contributed by atoms with Crippen LogP contribution < -0.4 is 15.2 Å². The first kappa shape index (κ1) is 32.1. The van der Waals surface area contributed by atoms with Crippen LogP contribution in [-0.4, -0.2) is 104 Å². The molecule has 3 heterocycles. The summed E-state index contributed by atoms with van der Waals surface area (Å²) in [5, 5.41) is 0.296. The number of likely N-dealkylation sites (tertiary alicyclic amines) is 1. The maximum absolute atomic E-state index is 14.5. The number of halogens is 1. The molecule has 6 rings (SSSR count). The van der Waals surface area contributed by atoms with Gasteiger partial charge in [-0.1, -0.05) is 41.9 Å². The van der Waals surface area contributed by atoms with E-state index in [1.165, 1.54) is 55.2 Å². The SMILES string of the molecule is COc1ccc(S(=O)(=O)n2c(=O)n(C(C(=O)N3CCC(N4CCN(C)CC4)CC3)c3ccccc3)c3cc(Cl)ccc32)c(OC)c1. The minimum atomic E-state index is -4.52. The van der Waals surface area contributed by atoms with Crippen molar-refractivity contribution in [3.8, 4) is 11.5 Å². The second kappa shape index (κ2) is 13.1. The van der Waals surface area contributed by atoms with Crippen molar-refractivity contribution in [2.45, 2.75) is 29.8 Å². The minimum absolute atomic E-state index is 0.0139. The summed E-state index contributed by atoms with van der Waals surface area (Å²) in [5.41, 5.74) is -0.00300. The van der Waals surface area contributed by atoms with Crippen LogP contribution in [0.25, 0.3) is 11.0 Å². The first-order valence-electron chi connectivity index (χ1n) is 15.3. The quantitative estimate of drug-likeness (QED) is 0.281. The second-order valence-corrected chi connectivity index (χ2v) is 14.0. The van der Waals surface area contributed by atoms with Crippen LogP contribution >= 0.6 is 11.6 Å². The van der Waals surface area contributed by atoms with Crippen LogP contribution in [0.1, 0.15) is 24.4 Å². The van der Waals surface area contributed by atoms with Gasteiger partial charge in [0.05, 0.1) is 25.3 Å². The summed E-state index contributed by atoms with van der Waals surface area (Å²) in [6, 6.07) is 17.0. The first-order valence-corrected chi connectivity index (χ1v) is 17.1. The molecular formula is C33H38ClN5O6S. The van der Waals surface area contributed by atoms with Crippen LogP contribution in [0.3, 0.4) is 0 Å². The number of benzene rings is 3. The Balaban J connectivity index is 1.44. The van der Waals surface area contributed by atoms with Gasteiger partial charge in [-0.25, -0.2) is 13.2 Å². The maximum atomic E-state index is 14.5. The lowest BCUT2D eigenvalue weighted by Gasteiger charge is -2.42. The smallest absolute Gasteiger partial charge is 0.344 e. The van der Waals surface area contributed by atoms with Gasteiger partial charge in [0.15, 0.2) is 0 Å². The summed E-state index contributed by atoms with van der Waals surface area (Å²) in [5.74, 6) is 0.132. The van der Waals surface area contributed by atoms with Gasteiger partial charge in [0.2, 0.25) is 5.91 Å². The van der Waals surface area contributed by atoms with Crippen LogP contribution in [0, 0.1) is 0 Å². The largest absolute Gasteiger partial charge is 0.497 e. The third-order valence-electron chi connectivity index (χ3n) is 9.12. The fourth-order valence-electron chi connectivity index (χ4n) is 6.58. The van der Waals surface area contributed by atoms with Crippen molar-refractivity contribution in [1.82, 2.24) is 23.2 Å². The number of carbonyl (C=O) groups excluding carboxylic acids is 1. The number of piperazine rings is 1. The summed E-state index contributed by atoms with van der Waals surface area (Å²) >= 11 is 6.43. The van der Waals surface area contributed by atoms with E-state index in [2.05, 4.69) is 16.8 Å². The average molecular weight is 668 g/mol. The van der Waals surface area contributed by atoms with E-state index < -0.39 is 21.8 Å². The van der Waals surface area contributed by atoms with E-state index in [0.29, 0.717) is 35.5 Å². The van der Waals surface area contributed by atoms with Crippen molar-refractivity contribution < 1.29 is 22.7 Å². The molecule has 46 heavy (non-hydrogen) atoms. The Kier molecular flexibility index (Phi) is 9.15. The Hall–Kier alpha value is -3.84. The van der Waals surface area contributed by atoms with Gasteiger partial charge >= 0.3 is 5.69 Å². The molecule has 2 aliphatic rings. The van der Waals surface area contributed by atoms with Crippen LogP contribution in [-0.2, 0) is 14.8 Å². The highest BCUT2D eigenvalue weighted by Crippen LogP contribution is 2.33. The predicted octanol–water partition coefficient (Wildman–Crippen LogP) is 3.54. The standard InChI is InChI=1S/C33H38ClN5O6S/c1-35-17-19-36(20-18-35)25-13-15-37(16-14-25)32(40)31(23-7-5-4-6-8-23)38-28-21-24(34)9-11-27(28)39(33(38)41)46(42,43)30-12-10-26(44-2)22-29(30)45-3/h4-12,21-22,25,31H,13-20H2,1-3H3. The van der Waals surface area contributed by atoms with E-state index in [4.69, 9.17) is 21.1 Å². The molecule has 0 N–H and O–H groups in total. The first-order chi connectivity index (χ1) is 22.1. The number of hydrogen-bond donors (Lipinski definition) is 0. The van der Waals surface area contributed by atoms with Crippen LogP contribution in [0.4, 0.5) is 0 Å². The number of ether oxygens (including phenoxy) is 2. The second-order valence-electron chi connectivity index (χ2n) is 11.8. The van der Waals surface area contributed by atoms with Gasteiger partial charge in [-0.3, -0.25) is 14.3 Å². The number of carbonyl (C=O) groups is 1. The van der Waals surface area contributed by atoms with E-state index in [9.17, 15) is 18.0 Å². The number of fused-ring (bicyclic) bond motifs is 1. The summed E-state index contributed by atoms with van der Waals surface area (Å²) < 4.78 is 41.2. The van der Waals surface area contributed by atoms with Crippen molar-refractivity contribution in [1.29, 1.82) is 0 Å². The number of likely N-dealkylation sites (N-methyl/N-ethyl adjacent to an activating group) is 1. The molecule has 0 radical (unpaired) electrons. The van der Waals surface area contributed by atoms with Gasteiger partial charge in [0, 0.05) is 56.4 Å². The molecule has 244 valence electrons. The highest BCUT2D eigenvalue weighted by atomic mass is 35.5. The van der Waals surface area contributed by atoms with Gasteiger partial charge in [0.25, 0.3) is 10.0 Å². The highest BCUT2D eigenvalue weighted by Gasteiger charge is 2.37. The minimum Gasteiger partial charge on any atom is -0.497 e. The van der Waals surface area contributed by atoms with Crippen molar-refractivity contribution in [2.75, 3.05) is 60.5 Å². The van der Waals surface area contributed by atoms with Crippen LogP contribution in [0.2, 0.25) is 5.02 Å². The Morgan fingerprint density at radius 3 is 2.22 bits per heavy atom. The predicted molar refractivity (Wildman–Crippen MR) is 177 cm³/mol. The molecule has 2 fully saturated rings. The lowest BCUT2D eigenvalue weighted by atomic mass is 9.99. The van der Waals surface area contributed by atoms with Crippen molar-refractivity contribution in [2.24, 2.45) is 0 Å². The average Bonchev–Trinajstić information content (AvgIpc) is 3.36. The third kappa shape index (κ3) is 5.90. The number of aromatic nitrogens is 2. The molecule has 0 bridgehead atoms. The molecule has 11 nitrogen and oxygen atoms in total. The summed E-state index contributed by atoms with van der Waals surface area (Å²) in [6.45, 7) is 5.13. The zero-order chi connectivity index (χ0) is 32.6.